The van der Waals surface area contributed by atoms with Crippen LogP contribution in [0.25, 0.3) is 0 Å². The second kappa shape index (κ2) is 4.18. The summed E-state index contributed by atoms with van der Waals surface area (Å²) in [6, 6.07) is 15.4. The van der Waals surface area contributed by atoms with Crippen LogP contribution in [0.1, 0.15) is 11.1 Å². The zero-order valence-corrected chi connectivity index (χ0v) is 10.1. The molecule has 1 aliphatic rings. The predicted octanol–water partition coefficient (Wildman–Crippen LogP) is 3.51. The molecule has 3 rings (SSSR count). The molecule has 1 aliphatic heterocycles. The predicted molar refractivity (Wildman–Crippen MR) is 69.8 cm³/mol. The molecule has 0 fully saturated rings. The summed E-state index contributed by atoms with van der Waals surface area (Å²) < 4.78 is 5.34. The lowest BCUT2D eigenvalue weighted by molar-refractivity contribution is 0.203. The molecule has 0 saturated carbocycles. The number of ether oxygens (including phenoxy) is 1. The first-order valence-electron chi connectivity index (χ1n) is 5.88. The van der Waals surface area contributed by atoms with Crippen molar-refractivity contribution in [1.82, 2.24) is 0 Å². The number of carbonyl (C=O) groups is 1. The molecule has 0 N–H and O–H groups in total. The molecular formula is C15H13NO2. The van der Waals surface area contributed by atoms with E-state index in [1.165, 1.54) is 0 Å². The van der Waals surface area contributed by atoms with Crippen LogP contribution in [-0.4, -0.2) is 6.09 Å². The Morgan fingerprint density at radius 1 is 1.06 bits per heavy atom. The largest absolute Gasteiger partial charge is 0.420 e. The lowest BCUT2D eigenvalue weighted by atomic mass is 10.1. The van der Waals surface area contributed by atoms with E-state index < -0.39 is 0 Å². The van der Waals surface area contributed by atoms with Gasteiger partial charge in [0.05, 0.1) is 12.2 Å². The van der Waals surface area contributed by atoms with E-state index in [9.17, 15) is 4.79 Å². The van der Waals surface area contributed by atoms with Crippen LogP contribution < -0.4 is 9.64 Å². The Morgan fingerprint density at radius 3 is 2.61 bits per heavy atom. The van der Waals surface area contributed by atoms with Crippen molar-refractivity contribution in [2.75, 3.05) is 4.90 Å². The van der Waals surface area contributed by atoms with Crippen LogP contribution in [0.3, 0.4) is 0 Å². The highest BCUT2D eigenvalue weighted by atomic mass is 16.6. The van der Waals surface area contributed by atoms with Gasteiger partial charge in [0.15, 0.2) is 0 Å². The third kappa shape index (κ3) is 1.74. The maximum Gasteiger partial charge on any atom is 0.420 e. The first-order chi connectivity index (χ1) is 8.75. The van der Waals surface area contributed by atoms with Gasteiger partial charge in [0, 0.05) is 5.56 Å². The zero-order chi connectivity index (χ0) is 12.5. The van der Waals surface area contributed by atoms with Crippen molar-refractivity contribution in [3.63, 3.8) is 0 Å². The number of rotatable bonds is 1. The van der Waals surface area contributed by atoms with Gasteiger partial charge in [-0.25, -0.2) is 4.79 Å². The lowest BCUT2D eigenvalue weighted by Crippen LogP contribution is -2.37. The van der Waals surface area contributed by atoms with E-state index in [0.717, 1.165) is 16.8 Å². The van der Waals surface area contributed by atoms with Crippen molar-refractivity contribution in [2.24, 2.45) is 0 Å². The van der Waals surface area contributed by atoms with Gasteiger partial charge in [0.25, 0.3) is 0 Å². The molecule has 0 unspecified atom stereocenters. The van der Waals surface area contributed by atoms with E-state index in [1.54, 1.807) is 4.90 Å². The molecule has 2 aromatic rings. The maximum atomic E-state index is 12.0. The van der Waals surface area contributed by atoms with Crippen LogP contribution >= 0.6 is 0 Å². The van der Waals surface area contributed by atoms with Crippen molar-refractivity contribution in [1.29, 1.82) is 0 Å². The molecule has 0 spiro atoms. The Hall–Kier alpha value is -2.29. The zero-order valence-electron chi connectivity index (χ0n) is 10.1. The van der Waals surface area contributed by atoms with Crippen molar-refractivity contribution in [3.8, 4) is 5.75 Å². The SMILES string of the molecule is Cc1ccccc1N1Cc2ccccc2OC1=O. The minimum Gasteiger partial charge on any atom is -0.410 e. The third-order valence-corrected chi connectivity index (χ3v) is 3.12. The summed E-state index contributed by atoms with van der Waals surface area (Å²) >= 11 is 0. The topological polar surface area (TPSA) is 29.5 Å². The van der Waals surface area contributed by atoms with Crippen LogP contribution in [0.4, 0.5) is 10.5 Å². The average Bonchev–Trinajstić information content (AvgIpc) is 2.39. The average molecular weight is 239 g/mol. The molecule has 0 aromatic heterocycles. The van der Waals surface area contributed by atoms with Gasteiger partial charge < -0.3 is 4.74 Å². The number of aryl methyl sites for hydroxylation is 1. The van der Waals surface area contributed by atoms with Gasteiger partial charge in [0.2, 0.25) is 0 Å². The van der Waals surface area contributed by atoms with Gasteiger partial charge in [-0.15, -0.1) is 0 Å². The van der Waals surface area contributed by atoms with Crippen molar-refractivity contribution in [3.05, 3.63) is 59.7 Å². The second-order valence-electron chi connectivity index (χ2n) is 4.35. The Morgan fingerprint density at radius 2 is 1.78 bits per heavy atom. The van der Waals surface area contributed by atoms with Gasteiger partial charge in [-0.05, 0) is 24.6 Å². The van der Waals surface area contributed by atoms with Crippen LogP contribution in [0.2, 0.25) is 0 Å². The summed E-state index contributed by atoms with van der Waals surface area (Å²) in [6.45, 7) is 2.54. The summed E-state index contributed by atoms with van der Waals surface area (Å²) in [5, 5.41) is 0. The van der Waals surface area contributed by atoms with Gasteiger partial charge in [-0.1, -0.05) is 36.4 Å². The summed E-state index contributed by atoms with van der Waals surface area (Å²) in [7, 11) is 0. The van der Waals surface area contributed by atoms with Crippen LogP contribution in [0.5, 0.6) is 5.75 Å². The number of carbonyl (C=O) groups excluding carboxylic acids is 1. The Balaban J connectivity index is 2.01. The molecule has 3 nitrogen and oxygen atoms in total. The minimum atomic E-state index is -0.317. The molecule has 0 bridgehead atoms. The number of benzene rings is 2. The first kappa shape index (κ1) is 10.8. The van der Waals surface area contributed by atoms with Gasteiger partial charge >= 0.3 is 6.09 Å². The van der Waals surface area contributed by atoms with E-state index in [2.05, 4.69) is 0 Å². The van der Waals surface area contributed by atoms with Crippen molar-refractivity contribution < 1.29 is 9.53 Å². The van der Waals surface area contributed by atoms with Gasteiger partial charge in [-0.3, -0.25) is 4.90 Å². The fourth-order valence-electron chi connectivity index (χ4n) is 2.17. The van der Waals surface area contributed by atoms with E-state index in [0.29, 0.717) is 12.3 Å². The molecule has 18 heavy (non-hydrogen) atoms. The first-order valence-corrected chi connectivity index (χ1v) is 5.88. The Kier molecular flexibility index (Phi) is 2.52. The number of hydrogen-bond donors (Lipinski definition) is 0. The summed E-state index contributed by atoms with van der Waals surface area (Å²) in [5.74, 6) is 0.660. The number of hydrogen-bond acceptors (Lipinski definition) is 2. The van der Waals surface area contributed by atoms with Crippen LogP contribution in [0, 0.1) is 6.92 Å². The lowest BCUT2D eigenvalue weighted by Gasteiger charge is -2.28. The highest BCUT2D eigenvalue weighted by Crippen LogP contribution is 2.30. The summed E-state index contributed by atoms with van der Waals surface area (Å²) in [6.07, 6.45) is -0.317. The molecular weight excluding hydrogens is 226 g/mol. The van der Waals surface area contributed by atoms with E-state index in [-0.39, 0.29) is 6.09 Å². The number of para-hydroxylation sites is 2. The maximum absolute atomic E-state index is 12.0. The number of fused-ring (bicyclic) bond motifs is 1. The molecule has 0 atom stereocenters. The second-order valence-corrected chi connectivity index (χ2v) is 4.35. The molecule has 90 valence electrons. The van der Waals surface area contributed by atoms with Gasteiger partial charge in [0.1, 0.15) is 5.75 Å². The van der Waals surface area contributed by atoms with Crippen molar-refractivity contribution >= 4 is 11.8 Å². The number of nitrogens with zero attached hydrogens (tertiary/aromatic N) is 1. The molecule has 0 radical (unpaired) electrons. The minimum absolute atomic E-state index is 0.317. The van der Waals surface area contributed by atoms with Crippen LogP contribution in [0.15, 0.2) is 48.5 Å². The van der Waals surface area contributed by atoms with Crippen molar-refractivity contribution in [2.45, 2.75) is 13.5 Å². The third-order valence-electron chi connectivity index (χ3n) is 3.12. The summed E-state index contributed by atoms with van der Waals surface area (Å²) in [5.41, 5.74) is 2.99. The number of amides is 1. The van der Waals surface area contributed by atoms with E-state index in [1.807, 2.05) is 55.5 Å². The van der Waals surface area contributed by atoms with Gasteiger partial charge in [-0.2, -0.15) is 0 Å². The molecule has 1 heterocycles. The Bertz CT molecular complexity index is 607. The highest BCUT2D eigenvalue weighted by molar-refractivity contribution is 5.91. The molecule has 2 aromatic carbocycles. The summed E-state index contributed by atoms with van der Waals surface area (Å²) in [4.78, 5) is 13.7. The van der Waals surface area contributed by atoms with Crippen LogP contribution in [-0.2, 0) is 6.54 Å². The molecule has 1 amide bonds. The highest BCUT2D eigenvalue weighted by Gasteiger charge is 2.26. The quantitative estimate of drug-likeness (QED) is 0.762. The molecule has 0 saturated heterocycles. The normalized spacial score (nSPS) is 14.1. The smallest absolute Gasteiger partial charge is 0.410 e. The number of anilines is 1. The van der Waals surface area contributed by atoms with E-state index >= 15 is 0 Å². The fraction of sp³-hybridized carbons (Fsp3) is 0.133. The van der Waals surface area contributed by atoms with E-state index in [4.69, 9.17) is 4.74 Å². The monoisotopic (exact) mass is 239 g/mol. The molecule has 3 heteroatoms. The standard InChI is InChI=1S/C15H13NO2/c1-11-6-2-4-8-13(11)16-10-12-7-3-5-9-14(12)18-15(16)17/h2-9H,10H2,1H3. The fourth-order valence-corrected chi connectivity index (χ4v) is 2.17. The molecule has 0 aliphatic carbocycles. The Labute approximate surface area is 106 Å².